The predicted molar refractivity (Wildman–Crippen MR) is 69.1 cm³/mol. The van der Waals surface area contributed by atoms with E-state index in [4.69, 9.17) is 16.7 Å². The first-order valence-electron chi connectivity index (χ1n) is 4.97. The van der Waals surface area contributed by atoms with Crippen molar-refractivity contribution < 1.29 is 15.0 Å². The van der Waals surface area contributed by atoms with E-state index in [1.165, 1.54) is 24.3 Å². The number of thiophene rings is 1. The molecule has 0 radical (unpaired) electrons. The second-order valence-electron chi connectivity index (χ2n) is 3.85. The summed E-state index contributed by atoms with van der Waals surface area (Å²) < 4.78 is 0.660. The average molecular weight is 276 g/mol. The van der Waals surface area contributed by atoms with Gasteiger partial charge in [-0.05, 0) is 25.1 Å². The molecule has 0 aromatic carbocycles. The first kappa shape index (κ1) is 14.2. The van der Waals surface area contributed by atoms with Crippen LogP contribution in [0.5, 0.6) is 0 Å². The van der Waals surface area contributed by atoms with E-state index in [1.807, 2.05) is 0 Å². The Kier molecular flexibility index (Phi) is 5.14. The third-order valence-electron chi connectivity index (χ3n) is 1.98. The van der Waals surface area contributed by atoms with E-state index in [1.54, 1.807) is 18.2 Å². The SMILES string of the molecule is CC(O)(CO)CNC(=O)C=Cc1ccc(Cl)s1. The molecule has 4 nitrogen and oxygen atoms in total. The summed E-state index contributed by atoms with van der Waals surface area (Å²) >= 11 is 7.11. The minimum Gasteiger partial charge on any atom is -0.393 e. The van der Waals surface area contributed by atoms with Crippen LogP contribution in [0.3, 0.4) is 0 Å². The lowest BCUT2D eigenvalue weighted by atomic mass is 10.1. The van der Waals surface area contributed by atoms with Gasteiger partial charge in [0.2, 0.25) is 5.91 Å². The number of amides is 1. The lowest BCUT2D eigenvalue weighted by Crippen LogP contribution is -2.42. The minimum absolute atomic E-state index is 0.00211. The molecule has 6 heteroatoms. The molecule has 94 valence electrons. The zero-order chi connectivity index (χ0) is 12.9. The van der Waals surface area contributed by atoms with Gasteiger partial charge in [-0.3, -0.25) is 4.79 Å². The fourth-order valence-corrected chi connectivity index (χ4v) is 1.93. The van der Waals surface area contributed by atoms with Crippen molar-refractivity contribution in [1.29, 1.82) is 0 Å². The van der Waals surface area contributed by atoms with Crippen LogP contribution in [0.15, 0.2) is 18.2 Å². The van der Waals surface area contributed by atoms with Crippen molar-refractivity contribution in [3.8, 4) is 0 Å². The van der Waals surface area contributed by atoms with Crippen LogP contribution < -0.4 is 5.32 Å². The topological polar surface area (TPSA) is 69.6 Å². The van der Waals surface area contributed by atoms with Gasteiger partial charge < -0.3 is 15.5 Å². The molecule has 17 heavy (non-hydrogen) atoms. The maximum Gasteiger partial charge on any atom is 0.244 e. The van der Waals surface area contributed by atoms with Crippen molar-refractivity contribution in [1.82, 2.24) is 5.32 Å². The summed E-state index contributed by atoms with van der Waals surface area (Å²) in [7, 11) is 0. The zero-order valence-electron chi connectivity index (χ0n) is 9.31. The third-order valence-corrected chi connectivity index (χ3v) is 3.17. The highest BCUT2D eigenvalue weighted by molar-refractivity contribution is 7.17. The van der Waals surface area contributed by atoms with Crippen LogP contribution in [0, 0.1) is 0 Å². The molecule has 0 aliphatic heterocycles. The molecule has 0 aliphatic carbocycles. The second kappa shape index (κ2) is 6.16. The summed E-state index contributed by atoms with van der Waals surface area (Å²) in [5, 5.41) is 20.7. The number of aliphatic hydroxyl groups excluding tert-OH is 1. The minimum atomic E-state index is -1.30. The molecule has 1 atom stereocenters. The lowest BCUT2D eigenvalue weighted by molar-refractivity contribution is -0.117. The highest BCUT2D eigenvalue weighted by atomic mass is 35.5. The summed E-state index contributed by atoms with van der Waals surface area (Å²) in [5.74, 6) is -0.330. The van der Waals surface area contributed by atoms with Crippen LogP contribution in [0.1, 0.15) is 11.8 Å². The summed E-state index contributed by atoms with van der Waals surface area (Å²) in [6, 6.07) is 3.56. The van der Waals surface area contributed by atoms with Crippen LogP contribution >= 0.6 is 22.9 Å². The van der Waals surface area contributed by atoms with Crippen LogP contribution in [-0.4, -0.2) is 34.9 Å². The van der Waals surface area contributed by atoms with Gasteiger partial charge in [0.05, 0.1) is 10.9 Å². The molecule has 3 N–H and O–H groups in total. The fourth-order valence-electron chi connectivity index (χ4n) is 0.968. The lowest BCUT2D eigenvalue weighted by Gasteiger charge is -2.19. The standard InChI is InChI=1S/C11H14ClNO3S/c1-11(16,7-14)6-13-10(15)5-3-8-2-4-9(12)17-8/h2-5,14,16H,6-7H2,1H3,(H,13,15). The average Bonchev–Trinajstić information content (AvgIpc) is 2.70. The van der Waals surface area contributed by atoms with E-state index in [-0.39, 0.29) is 12.5 Å². The molecule has 0 saturated heterocycles. The molecule has 1 aromatic heterocycles. The maximum absolute atomic E-state index is 11.4. The first-order chi connectivity index (χ1) is 7.93. The smallest absolute Gasteiger partial charge is 0.244 e. The fraction of sp³-hybridized carbons (Fsp3) is 0.364. The van der Waals surface area contributed by atoms with Gasteiger partial charge in [0.15, 0.2) is 0 Å². The van der Waals surface area contributed by atoms with Crippen molar-refractivity contribution in [3.05, 3.63) is 27.4 Å². The van der Waals surface area contributed by atoms with Gasteiger partial charge in [0.25, 0.3) is 0 Å². The van der Waals surface area contributed by atoms with E-state index < -0.39 is 12.2 Å². The molecule has 1 aromatic rings. The third kappa shape index (κ3) is 5.32. The predicted octanol–water partition coefficient (Wildman–Crippen LogP) is 1.27. The zero-order valence-corrected chi connectivity index (χ0v) is 10.9. The summed E-state index contributed by atoms with van der Waals surface area (Å²) in [6.45, 7) is 1.03. The Bertz CT molecular complexity index is 415. The maximum atomic E-state index is 11.4. The van der Waals surface area contributed by atoms with Gasteiger partial charge in [-0.15, -0.1) is 11.3 Å². The van der Waals surface area contributed by atoms with Crippen LogP contribution in [-0.2, 0) is 4.79 Å². The number of carbonyl (C=O) groups is 1. The second-order valence-corrected chi connectivity index (χ2v) is 5.59. The van der Waals surface area contributed by atoms with Crippen LogP contribution in [0.4, 0.5) is 0 Å². The Balaban J connectivity index is 2.42. The van der Waals surface area contributed by atoms with Gasteiger partial charge >= 0.3 is 0 Å². The van der Waals surface area contributed by atoms with Gasteiger partial charge in [0, 0.05) is 17.5 Å². The molecule has 1 rings (SSSR count). The number of rotatable bonds is 5. The van der Waals surface area contributed by atoms with Crippen LogP contribution in [0.25, 0.3) is 6.08 Å². The van der Waals surface area contributed by atoms with Crippen molar-refractivity contribution in [2.24, 2.45) is 0 Å². The largest absolute Gasteiger partial charge is 0.393 e. The van der Waals surface area contributed by atoms with Gasteiger partial charge in [-0.1, -0.05) is 11.6 Å². The number of carbonyl (C=O) groups excluding carboxylic acids is 1. The normalized spacial score (nSPS) is 14.8. The summed E-state index contributed by atoms with van der Waals surface area (Å²) in [4.78, 5) is 12.2. The Hall–Kier alpha value is -0.880. The van der Waals surface area contributed by atoms with E-state index in [9.17, 15) is 9.90 Å². The Morgan fingerprint density at radius 2 is 2.35 bits per heavy atom. The van der Waals surface area contributed by atoms with E-state index >= 15 is 0 Å². The Labute approximate surface area is 109 Å². The number of aliphatic hydroxyl groups is 2. The highest BCUT2D eigenvalue weighted by Gasteiger charge is 2.18. The highest BCUT2D eigenvalue weighted by Crippen LogP contribution is 2.22. The van der Waals surface area contributed by atoms with Crippen molar-refractivity contribution >= 4 is 34.9 Å². The van der Waals surface area contributed by atoms with Crippen molar-refractivity contribution in [3.63, 3.8) is 0 Å². The molecular formula is C11H14ClNO3S. The molecule has 1 amide bonds. The quantitative estimate of drug-likeness (QED) is 0.709. The molecule has 0 saturated carbocycles. The van der Waals surface area contributed by atoms with E-state index in [0.717, 1.165) is 4.88 Å². The van der Waals surface area contributed by atoms with Crippen LogP contribution in [0.2, 0.25) is 4.34 Å². The summed E-state index contributed by atoms with van der Waals surface area (Å²) in [5.41, 5.74) is -1.30. The molecule has 0 aliphatic rings. The van der Waals surface area contributed by atoms with Gasteiger partial charge in [0.1, 0.15) is 5.60 Å². The molecule has 0 bridgehead atoms. The van der Waals surface area contributed by atoms with Gasteiger partial charge in [-0.25, -0.2) is 0 Å². The number of nitrogens with one attached hydrogen (secondary N) is 1. The van der Waals surface area contributed by atoms with Crippen molar-refractivity contribution in [2.45, 2.75) is 12.5 Å². The molecule has 1 unspecified atom stereocenters. The Morgan fingerprint density at radius 1 is 1.65 bits per heavy atom. The monoisotopic (exact) mass is 275 g/mol. The van der Waals surface area contributed by atoms with E-state index in [0.29, 0.717) is 4.34 Å². The number of hydrogen-bond acceptors (Lipinski definition) is 4. The summed E-state index contributed by atoms with van der Waals surface area (Å²) in [6.07, 6.45) is 3.00. The molecular weight excluding hydrogens is 262 g/mol. The van der Waals surface area contributed by atoms with Gasteiger partial charge in [-0.2, -0.15) is 0 Å². The van der Waals surface area contributed by atoms with Crippen molar-refractivity contribution in [2.75, 3.05) is 13.2 Å². The van der Waals surface area contributed by atoms with E-state index in [2.05, 4.69) is 5.32 Å². The number of hydrogen-bond donors (Lipinski definition) is 3. The molecule has 0 spiro atoms. The number of halogens is 1. The first-order valence-corrected chi connectivity index (χ1v) is 6.17. The molecule has 0 fully saturated rings. The molecule has 1 heterocycles. The Morgan fingerprint density at radius 3 is 2.88 bits per heavy atom.